The standard InChI is InChI=1S/C12H8ClFN2O2/c13-8-3-1-4-9(7-8)15-11-6-2-5-10(14)12(11)16(17)18/h1-7,15H. The van der Waals surface area contributed by atoms with Gasteiger partial charge in [-0.25, -0.2) is 0 Å². The van der Waals surface area contributed by atoms with E-state index in [9.17, 15) is 14.5 Å². The monoisotopic (exact) mass is 266 g/mol. The maximum absolute atomic E-state index is 13.4. The van der Waals surface area contributed by atoms with Gasteiger partial charge in [-0.05, 0) is 30.3 Å². The van der Waals surface area contributed by atoms with Crippen LogP contribution in [-0.4, -0.2) is 4.92 Å². The zero-order chi connectivity index (χ0) is 13.1. The maximum atomic E-state index is 13.4. The molecule has 92 valence electrons. The number of nitrogens with one attached hydrogen (secondary N) is 1. The first kappa shape index (κ1) is 12.3. The Morgan fingerprint density at radius 1 is 1.22 bits per heavy atom. The number of nitrogens with zero attached hydrogens (tertiary/aromatic N) is 1. The van der Waals surface area contributed by atoms with Gasteiger partial charge in [-0.15, -0.1) is 0 Å². The molecule has 0 atom stereocenters. The van der Waals surface area contributed by atoms with Crippen molar-refractivity contribution in [1.82, 2.24) is 0 Å². The first-order valence-corrected chi connectivity index (χ1v) is 5.41. The molecule has 0 fully saturated rings. The Labute approximate surface area is 107 Å². The molecule has 6 heteroatoms. The number of nitro benzene ring substituents is 1. The van der Waals surface area contributed by atoms with Crippen LogP contribution in [0.5, 0.6) is 0 Å². The molecule has 0 aliphatic rings. The predicted molar refractivity (Wildman–Crippen MR) is 67.8 cm³/mol. The predicted octanol–water partition coefficient (Wildman–Crippen LogP) is 4.13. The fourth-order valence-corrected chi connectivity index (χ4v) is 1.71. The van der Waals surface area contributed by atoms with Crippen LogP contribution in [-0.2, 0) is 0 Å². The lowest BCUT2D eigenvalue weighted by Gasteiger charge is -2.07. The molecule has 0 aromatic heterocycles. The Balaban J connectivity index is 2.40. The second-order valence-electron chi connectivity index (χ2n) is 3.53. The number of anilines is 2. The van der Waals surface area contributed by atoms with Gasteiger partial charge in [0.05, 0.1) is 4.92 Å². The van der Waals surface area contributed by atoms with Crippen LogP contribution < -0.4 is 5.32 Å². The maximum Gasteiger partial charge on any atom is 0.327 e. The van der Waals surface area contributed by atoms with E-state index in [-0.39, 0.29) is 5.69 Å². The lowest BCUT2D eigenvalue weighted by atomic mass is 10.2. The van der Waals surface area contributed by atoms with Crippen molar-refractivity contribution in [1.29, 1.82) is 0 Å². The summed E-state index contributed by atoms with van der Waals surface area (Å²) in [5.41, 5.74) is 0.0518. The highest BCUT2D eigenvalue weighted by atomic mass is 35.5. The molecule has 1 N–H and O–H groups in total. The van der Waals surface area contributed by atoms with E-state index in [4.69, 9.17) is 11.6 Å². The van der Waals surface area contributed by atoms with Crippen LogP contribution in [0, 0.1) is 15.9 Å². The number of halogens is 2. The molecule has 4 nitrogen and oxygen atoms in total. The molecule has 2 rings (SSSR count). The van der Waals surface area contributed by atoms with Crippen molar-refractivity contribution >= 4 is 28.7 Å². The molecule has 0 heterocycles. The average Bonchev–Trinajstić information content (AvgIpc) is 2.28. The van der Waals surface area contributed by atoms with E-state index in [1.807, 2.05) is 0 Å². The van der Waals surface area contributed by atoms with Crippen LogP contribution in [0.4, 0.5) is 21.5 Å². The smallest absolute Gasteiger partial charge is 0.327 e. The number of hydrogen-bond donors (Lipinski definition) is 1. The first-order valence-electron chi connectivity index (χ1n) is 5.03. The summed E-state index contributed by atoms with van der Waals surface area (Å²) in [5, 5.41) is 14.1. The van der Waals surface area contributed by atoms with Crippen molar-refractivity contribution in [2.24, 2.45) is 0 Å². The zero-order valence-corrected chi connectivity index (χ0v) is 9.82. The van der Waals surface area contributed by atoms with E-state index in [1.165, 1.54) is 12.1 Å². The molecule has 0 aliphatic heterocycles. The van der Waals surface area contributed by atoms with Crippen LogP contribution in [0.3, 0.4) is 0 Å². The highest BCUT2D eigenvalue weighted by molar-refractivity contribution is 6.30. The summed E-state index contributed by atoms with van der Waals surface area (Å²) in [6.45, 7) is 0. The highest BCUT2D eigenvalue weighted by Crippen LogP contribution is 2.30. The molecule has 0 spiro atoms. The Hall–Kier alpha value is -2.14. The molecule has 0 radical (unpaired) electrons. The summed E-state index contributed by atoms with van der Waals surface area (Å²) in [5.74, 6) is -0.882. The molecule has 0 saturated carbocycles. The normalized spacial score (nSPS) is 10.1. The van der Waals surface area contributed by atoms with E-state index < -0.39 is 16.4 Å². The fraction of sp³-hybridized carbons (Fsp3) is 0. The Kier molecular flexibility index (Phi) is 3.43. The van der Waals surface area contributed by atoms with Gasteiger partial charge in [0, 0.05) is 10.7 Å². The van der Waals surface area contributed by atoms with Gasteiger partial charge in [0.2, 0.25) is 5.82 Å². The van der Waals surface area contributed by atoms with E-state index in [1.54, 1.807) is 24.3 Å². The molecule has 18 heavy (non-hydrogen) atoms. The number of para-hydroxylation sites is 1. The van der Waals surface area contributed by atoms with Gasteiger partial charge in [0.15, 0.2) is 0 Å². The van der Waals surface area contributed by atoms with Crippen molar-refractivity contribution in [2.75, 3.05) is 5.32 Å². The molecule has 0 amide bonds. The quantitative estimate of drug-likeness (QED) is 0.671. The van der Waals surface area contributed by atoms with Crippen molar-refractivity contribution in [3.63, 3.8) is 0 Å². The zero-order valence-electron chi connectivity index (χ0n) is 9.06. The number of benzene rings is 2. The Bertz CT molecular complexity index is 604. The largest absolute Gasteiger partial charge is 0.350 e. The lowest BCUT2D eigenvalue weighted by Crippen LogP contribution is -1.99. The lowest BCUT2D eigenvalue weighted by molar-refractivity contribution is -0.386. The van der Waals surface area contributed by atoms with E-state index in [2.05, 4.69) is 5.32 Å². The van der Waals surface area contributed by atoms with Gasteiger partial charge in [-0.1, -0.05) is 23.7 Å². The fourth-order valence-electron chi connectivity index (χ4n) is 1.52. The third-order valence-corrected chi connectivity index (χ3v) is 2.51. The van der Waals surface area contributed by atoms with Crippen molar-refractivity contribution in [2.45, 2.75) is 0 Å². The van der Waals surface area contributed by atoms with E-state index in [0.717, 1.165) is 6.07 Å². The first-order chi connectivity index (χ1) is 8.58. The molecular weight excluding hydrogens is 259 g/mol. The van der Waals surface area contributed by atoms with Gasteiger partial charge < -0.3 is 5.32 Å². The highest BCUT2D eigenvalue weighted by Gasteiger charge is 2.19. The molecule has 2 aromatic rings. The van der Waals surface area contributed by atoms with Crippen LogP contribution in [0.1, 0.15) is 0 Å². The molecule has 0 bridgehead atoms. The Morgan fingerprint density at radius 2 is 1.94 bits per heavy atom. The summed E-state index contributed by atoms with van der Waals surface area (Å²) in [4.78, 5) is 10.0. The van der Waals surface area contributed by atoms with E-state index in [0.29, 0.717) is 10.7 Å². The minimum atomic E-state index is -0.882. The van der Waals surface area contributed by atoms with Gasteiger partial charge in [0.25, 0.3) is 0 Å². The number of hydrogen-bond acceptors (Lipinski definition) is 3. The van der Waals surface area contributed by atoms with Crippen molar-refractivity contribution in [3.05, 3.63) is 63.4 Å². The summed E-state index contributed by atoms with van der Waals surface area (Å²) in [7, 11) is 0. The summed E-state index contributed by atoms with van der Waals surface area (Å²) in [6.07, 6.45) is 0. The summed E-state index contributed by atoms with van der Waals surface area (Å²) < 4.78 is 13.4. The van der Waals surface area contributed by atoms with Gasteiger partial charge in [-0.3, -0.25) is 10.1 Å². The SMILES string of the molecule is O=[N+]([O-])c1c(F)cccc1Nc1cccc(Cl)c1. The second-order valence-corrected chi connectivity index (χ2v) is 3.96. The third kappa shape index (κ3) is 2.57. The van der Waals surface area contributed by atoms with Gasteiger partial charge in [-0.2, -0.15) is 4.39 Å². The van der Waals surface area contributed by atoms with E-state index >= 15 is 0 Å². The van der Waals surface area contributed by atoms with Crippen molar-refractivity contribution < 1.29 is 9.31 Å². The number of rotatable bonds is 3. The molecular formula is C12H8ClFN2O2. The molecule has 2 aromatic carbocycles. The number of nitro groups is 1. The van der Waals surface area contributed by atoms with Crippen LogP contribution >= 0.6 is 11.6 Å². The minimum absolute atomic E-state index is 0.0854. The molecule has 0 aliphatic carbocycles. The summed E-state index contributed by atoms with van der Waals surface area (Å²) in [6, 6.07) is 10.5. The molecule has 0 saturated heterocycles. The topological polar surface area (TPSA) is 55.2 Å². The Morgan fingerprint density at radius 3 is 2.61 bits per heavy atom. The van der Waals surface area contributed by atoms with Gasteiger partial charge in [0.1, 0.15) is 5.69 Å². The average molecular weight is 267 g/mol. The van der Waals surface area contributed by atoms with Crippen LogP contribution in [0.15, 0.2) is 42.5 Å². The second kappa shape index (κ2) is 5.01. The summed E-state index contributed by atoms with van der Waals surface area (Å²) >= 11 is 5.80. The minimum Gasteiger partial charge on any atom is -0.350 e. The van der Waals surface area contributed by atoms with Crippen LogP contribution in [0.25, 0.3) is 0 Å². The van der Waals surface area contributed by atoms with Gasteiger partial charge >= 0.3 is 5.69 Å². The van der Waals surface area contributed by atoms with Crippen LogP contribution in [0.2, 0.25) is 5.02 Å². The van der Waals surface area contributed by atoms with Crippen molar-refractivity contribution in [3.8, 4) is 0 Å². The third-order valence-electron chi connectivity index (χ3n) is 2.27. The molecule has 0 unspecified atom stereocenters.